The molecule has 4 nitrogen and oxygen atoms in total. The van der Waals surface area contributed by atoms with E-state index in [-0.39, 0.29) is 6.42 Å². The summed E-state index contributed by atoms with van der Waals surface area (Å²) in [6, 6.07) is 17.9. The zero-order valence-corrected chi connectivity index (χ0v) is 12.1. The van der Waals surface area contributed by atoms with Crippen molar-refractivity contribution in [2.75, 3.05) is 0 Å². The van der Waals surface area contributed by atoms with Crippen molar-refractivity contribution in [3.05, 3.63) is 84.4 Å². The van der Waals surface area contributed by atoms with Crippen LogP contribution >= 0.6 is 0 Å². The van der Waals surface area contributed by atoms with Gasteiger partial charge in [0.25, 0.3) is 0 Å². The van der Waals surface area contributed by atoms with E-state index in [4.69, 9.17) is 4.84 Å². The van der Waals surface area contributed by atoms with Crippen LogP contribution in [0.3, 0.4) is 0 Å². The molecule has 0 heterocycles. The van der Waals surface area contributed by atoms with Crippen molar-refractivity contribution >= 4 is 11.7 Å². The molecular weight excluding hydrogens is 278 g/mol. The lowest BCUT2D eigenvalue weighted by molar-refractivity contribution is 0.0514. The second-order valence-electron chi connectivity index (χ2n) is 4.66. The topological polar surface area (TPSA) is 58.9 Å². The fraction of sp³-hybridized carbons (Fsp3) is 0.111. The number of aliphatic hydroxyl groups excluding tert-OH is 1. The minimum atomic E-state index is -0.755. The van der Waals surface area contributed by atoms with Gasteiger partial charge in [0.15, 0.2) is 0 Å². The highest BCUT2D eigenvalue weighted by atomic mass is 16.7. The zero-order chi connectivity index (χ0) is 15.8. The SMILES string of the molecule is C=CC(O)CC(=NOC(=O)c1ccccc1)c1ccccc1. The second kappa shape index (κ2) is 7.90. The molecule has 0 spiro atoms. The van der Waals surface area contributed by atoms with Crippen LogP contribution in [-0.2, 0) is 4.84 Å². The quantitative estimate of drug-likeness (QED) is 0.385. The van der Waals surface area contributed by atoms with Gasteiger partial charge in [-0.25, -0.2) is 4.79 Å². The summed E-state index contributed by atoms with van der Waals surface area (Å²) in [5.41, 5.74) is 1.68. The summed E-state index contributed by atoms with van der Waals surface area (Å²) in [5.74, 6) is -0.540. The van der Waals surface area contributed by atoms with Crippen molar-refractivity contribution < 1.29 is 14.7 Å². The largest absolute Gasteiger partial charge is 0.389 e. The fourth-order valence-corrected chi connectivity index (χ4v) is 1.84. The minimum Gasteiger partial charge on any atom is -0.389 e. The molecule has 0 saturated heterocycles. The highest BCUT2D eigenvalue weighted by molar-refractivity contribution is 6.01. The van der Waals surface area contributed by atoms with Crippen molar-refractivity contribution in [2.24, 2.45) is 5.16 Å². The van der Waals surface area contributed by atoms with Gasteiger partial charge in [-0.2, -0.15) is 0 Å². The predicted molar refractivity (Wildman–Crippen MR) is 85.7 cm³/mol. The lowest BCUT2D eigenvalue weighted by atomic mass is 10.0. The third kappa shape index (κ3) is 4.40. The summed E-state index contributed by atoms with van der Waals surface area (Å²) >= 11 is 0. The van der Waals surface area contributed by atoms with Crippen LogP contribution in [0.4, 0.5) is 0 Å². The third-order valence-corrected chi connectivity index (χ3v) is 3.03. The molecule has 0 aliphatic heterocycles. The molecule has 2 aromatic carbocycles. The minimum absolute atomic E-state index is 0.218. The first-order valence-electron chi connectivity index (χ1n) is 6.90. The van der Waals surface area contributed by atoms with E-state index in [9.17, 15) is 9.90 Å². The monoisotopic (exact) mass is 295 g/mol. The number of carbonyl (C=O) groups is 1. The Hall–Kier alpha value is -2.72. The Labute approximate surface area is 129 Å². The smallest absolute Gasteiger partial charge is 0.365 e. The van der Waals surface area contributed by atoms with Crippen LogP contribution in [0.1, 0.15) is 22.3 Å². The van der Waals surface area contributed by atoms with Gasteiger partial charge in [-0.05, 0) is 17.7 Å². The summed E-state index contributed by atoms with van der Waals surface area (Å²) in [6.45, 7) is 3.54. The van der Waals surface area contributed by atoms with E-state index in [1.165, 1.54) is 6.08 Å². The van der Waals surface area contributed by atoms with Crippen molar-refractivity contribution in [1.82, 2.24) is 0 Å². The second-order valence-corrected chi connectivity index (χ2v) is 4.66. The zero-order valence-electron chi connectivity index (χ0n) is 12.1. The van der Waals surface area contributed by atoms with Crippen LogP contribution in [0.25, 0.3) is 0 Å². The van der Waals surface area contributed by atoms with Gasteiger partial charge in [0.05, 0.1) is 17.4 Å². The Bertz CT molecular complexity index is 651. The number of rotatable bonds is 6. The molecular formula is C18H17NO3. The van der Waals surface area contributed by atoms with Crippen LogP contribution in [0.15, 0.2) is 78.5 Å². The van der Waals surface area contributed by atoms with E-state index in [0.717, 1.165) is 5.56 Å². The van der Waals surface area contributed by atoms with Gasteiger partial charge in [0.2, 0.25) is 0 Å². The standard InChI is InChI=1S/C18H17NO3/c1-2-16(20)13-17(14-9-5-3-6-10-14)19-22-18(21)15-11-7-4-8-12-15/h2-12,16,20H,1,13H2. The van der Waals surface area contributed by atoms with Crippen LogP contribution < -0.4 is 0 Å². The number of hydrogen-bond acceptors (Lipinski definition) is 4. The van der Waals surface area contributed by atoms with Gasteiger partial charge < -0.3 is 9.94 Å². The molecule has 0 amide bonds. The van der Waals surface area contributed by atoms with Gasteiger partial charge in [0.1, 0.15) is 0 Å². The van der Waals surface area contributed by atoms with Gasteiger partial charge in [-0.15, -0.1) is 6.58 Å². The number of benzene rings is 2. The van der Waals surface area contributed by atoms with Crippen molar-refractivity contribution in [1.29, 1.82) is 0 Å². The summed E-state index contributed by atoms with van der Waals surface area (Å²) in [6.07, 6.45) is 0.877. The van der Waals surface area contributed by atoms with E-state index in [0.29, 0.717) is 11.3 Å². The van der Waals surface area contributed by atoms with Crippen molar-refractivity contribution in [3.8, 4) is 0 Å². The van der Waals surface area contributed by atoms with Gasteiger partial charge in [-0.1, -0.05) is 59.8 Å². The average molecular weight is 295 g/mol. The summed E-state index contributed by atoms with van der Waals surface area (Å²) in [4.78, 5) is 16.9. The number of carbonyl (C=O) groups excluding carboxylic acids is 1. The lowest BCUT2D eigenvalue weighted by Gasteiger charge is -2.09. The summed E-state index contributed by atoms with van der Waals surface area (Å²) in [5, 5.41) is 13.7. The molecule has 0 radical (unpaired) electrons. The summed E-state index contributed by atoms with van der Waals surface area (Å²) < 4.78 is 0. The average Bonchev–Trinajstić information content (AvgIpc) is 2.59. The molecule has 2 aromatic rings. The first kappa shape index (κ1) is 15.7. The van der Waals surface area contributed by atoms with Crippen LogP contribution in [0, 0.1) is 0 Å². The predicted octanol–water partition coefficient (Wildman–Crippen LogP) is 3.18. The normalized spacial score (nSPS) is 12.5. The molecule has 0 aliphatic rings. The van der Waals surface area contributed by atoms with Gasteiger partial charge >= 0.3 is 5.97 Å². The maximum atomic E-state index is 11.9. The van der Waals surface area contributed by atoms with E-state index in [1.807, 2.05) is 36.4 Å². The van der Waals surface area contributed by atoms with Crippen molar-refractivity contribution in [3.63, 3.8) is 0 Å². The van der Waals surface area contributed by atoms with Gasteiger partial charge in [-0.3, -0.25) is 0 Å². The first-order valence-corrected chi connectivity index (χ1v) is 6.90. The summed E-state index contributed by atoms with van der Waals surface area (Å²) in [7, 11) is 0. The Kier molecular flexibility index (Phi) is 5.63. The Morgan fingerprint density at radius 1 is 1.09 bits per heavy atom. The van der Waals surface area contributed by atoms with E-state index >= 15 is 0 Å². The van der Waals surface area contributed by atoms with E-state index in [2.05, 4.69) is 11.7 Å². The van der Waals surface area contributed by atoms with Crippen LogP contribution in [-0.4, -0.2) is 22.9 Å². The molecule has 2 rings (SSSR count). The molecule has 112 valence electrons. The number of nitrogens with zero attached hydrogens (tertiary/aromatic N) is 1. The van der Waals surface area contributed by atoms with Crippen LogP contribution in [0.5, 0.6) is 0 Å². The number of oxime groups is 1. The molecule has 0 saturated carbocycles. The van der Waals surface area contributed by atoms with Gasteiger partial charge in [0, 0.05) is 6.42 Å². The van der Waals surface area contributed by atoms with Crippen LogP contribution in [0.2, 0.25) is 0 Å². The molecule has 1 N–H and O–H groups in total. The molecule has 0 bridgehead atoms. The number of hydrogen-bond donors (Lipinski definition) is 1. The molecule has 4 heteroatoms. The van der Waals surface area contributed by atoms with E-state index in [1.54, 1.807) is 24.3 Å². The molecule has 0 aromatic heterocycles. The maximum absolute atomic E-state index is 11.9. The maximum Gasteiger partial charge on any atom is 0.365 e. The van der Waals surface area contributed by atoms with Crippen molar-refractivity contribution in [2.45, 2.75) is 12.5 Å². The highest BCUT2D eigenvalue weighted by Gasteiger charge is 2.11. The Morgan fingerprint density at radius 2 is 1.64 bits per heavy atom. The fourth-order valence-electron chi connectivity index (χ4n) is 1.84. The molecule has 1 atom stereocenters. The third-order valence-electron chi connectivity index (χ3n) is 3.03. The lowest BCUT2D eigenvalue weighted by Crippen LogP contribution is -2.13. The highest BCUT2D eigenvalue weighted by Crippen LogP contribution is 2.09. The Morgan fingerprint density at radius 3 is 2.18 bits per heavy atom. The molecule has 0 aliphatic carbocycles. The number of aliphatic hydroxyl groups is 1. The molecule has 22 heavy (non-hydrogen) atoms. The Balaban J connectivity index is 2.18. The first-order chi connectivity index (χ1) is 10.7. The molecule has 1 unspecified atom stereocenters. The molecule has 0 fully saturated rings. The van der Waals surface area contributed by atoms with E-state index < -0.39 is 12.1 Å².